The van der Waals surface area contributed by atoms with Crippen molar-refractivity contribution in [2.24, 2.45) is 0 Å². The number of amides is 1. The number of aliphatic hydroxyl groups is 1. The van der Waals surface area contributed by atoms with E-state index < -0.39 is 5.60 Å². The van der Waals surface area contributed by atoms with Gasteiger partial charge in [0.25, 0.3) is 0 Å². The van der Waals surface area contributed by atoms with Crippen molar-refractivity contribution in [3.63, 3.8) is 0 Å². The topological polar surface area (TPSA) is 49.8 Å². The lowest BCUT2D eigenvalue weighted by Crippen LogP contribution is -2.49. The van der Waals surface area contributed by atoms with E-state index in [2.05, 4.69) is 12.6 Å². The minimum Gasteiger partial charge on any atom is -0.388 e. The number of likely N-dealkylation sites (N-methyl/N-ethyl adjacent to an activating group) is 1. The first-order valence-electron chi connectivity index (χ1n) is 7.27. The molecule has 5 heteroatoms. The van der Waals surface area contributed by atoms with E-state index in [1.807, 2.05) is 30.3 Å². The second-order valence-corrected chi connectivity index (χ2v) is 6.36. The SMILES string of the molecule is CN(CC1(O)CCOCC1)C(=O)C(S)Cc1ccccc1. The molecule has 0 saturated carbocycles. The maximum atomic E-state index is 12.4. The third kappa shape index (κ3) is 4.73. The molecule has 4 nitrogen and oxygen atoms in total. The Bertz CT molecular complexity index is 460. The van der Waals surface area contributed by atoms with Crippen LogP contribution in [0.15, 0.2) is 30.3 Å². The van der Waals surface area contributed by atoms with E-state index >= 15 is 0 Å². The quantitative estimate of drug-likeness (QED) is 0.811. The number of hydrogen-bond donors (Lipinski definition) is 2. The maximum absolute atomic E-state index is 12.4. The molecule has 116 valence electrons. The zero-order valence-electron chi connectivity index (χ0n) is 12.4. The molecule has 1 amide bonds. The molecule has 1 fully saturated rings. The molecule has 0 aromatic heterocycles. The minimum atomic E-state index is -0.830. The van der Waals surface area contributed by atoms with E-state index in [0.717, 1.165) is 5.56 Å². The Morgan fingerprint density at radius 3 is 2.62 bits per heavy atom. The van der Waals surface area contributed by atoms with Crippen LogP contribution in [-0.2, 0) is 16.0 Å². The highest BCUT2D eigenvalue weighted by atomic mass is 32.1. The summed E-state index contributed by atoms with van der Waals surface area (Å²) in [6, 6.07) is 9.83. The van der Waals surface area contributed by atoms with Gasteiger partial charge in [-0.2, -0.15) is 12.6 Å². The third-order valence-corrected chi connectivity index (χ3v) is 4.29. The molecule has 1 aromatic rings. The molecule has 1 N–H and O–H groups in total. The fourth-order valence-corrected chi connectivity index (χ4v) is 3.02. The van der Waals surface area contributed by atoms with Crippen LogP contribution in [0.5, 0.6) is 0 Å². The minimum absolute atomic E-state index is 0.0536. The van der Waals surface area contributed by atoms with Crippen molar-refractivity contribution in [2.75, 3.05) is 26.8 Å². The first-order valence-corrected chi connectivity index (χ1v) is 7.79. The van der Waals surface area contributed by atoms with E-state index in [1.165, 1.54) is 0 Å². The number of carbonyl (C=O) groups excluding carboxylic acids is 1. The Morgan fingerprint density at radius 1 is 1.38 bits per heavy atom. The lowest BCUT2D eigenvalue weighted by Gasteiger charge is -2.36. The Hall–Kier alpha value is -1.04. The predicted octanol–water partition coefficient (Wildman–Crippen LogP) is 1.53. The monoisotopic (exact) mass is 309 g/mol. The number of hydrogen-bond acceptors (Lipinski definition) is 4. The number of thiol groups is 1. The summed E-state index contributed by atoms with van der Waals surface area (Å²) >= 11 is 4.42. The van der Waals surface area contributed by atoms with Gasteiger partial charge in [-0.1, -0.05) is 30.3 Å². The van der Waals surface area contributed by atoms with Crippen molar-refractivity contribution < 1.29 is 14.6 Å². The first kappa shape index (κ1) is 16.3. The van der Waals surface area contributed by atoms with Crippen LogP contribution in [0, 0.1) is 0 Å². The van der Waals surface area contributed by atoms with Crippen LogP contribution in [-0.4, -0.2) is 53.6 Å². The fraction of sp³-hybridized carbons (Fsp3) is 0.562. The van der Waals surface area contributed by atoms with Gasteiger partial charge in [0.2, 0.25) is 5.91 Å². The van der Waals surface area contributed by atoms with Crippen LogP contribution in [0.1, 0.15) is 18.4 Å². The predicted molar refractivity (Wildman–Crippen MR) is 85.6 cm³/mol. The number of ether oxygens (including phenoxy) is 1. The van der Waals surface area contributed by atoms with Crippen LogP contribution in [0.25, 0.3) is 0 Å². The third-order valence-electron chi connectivity index (χ3n) is 3.89. The summed E-state index contributed by atoms with van der Waals surface area (Å²) in [5.41, 5.74) is 0.257. The Labute approximate surface area is 131 Å². The van der Waals surface area contributed by atoms with Gasteiger partial charge < -0.3 is 14.7 Å². The summed E-state index contributed by atoms with van der Waals surface area (Å²) in [6.07, 6.45) is 1.73. The van der Waals surface area contributed by atoms with Crippen molar-refractivity contribution in [2.45, 2.75) is 30.1 Å². The van der Waals surface area contributed by atoms with Gasteiger partial charge in [-0.3, -0.25) is 4.79 Å². The smallest absolute Gasteiger partial charge is 0.235 e. The van der Waals surface area contributed by atoms with E-state index in [1.54, 1.807) is 11.9 Å². The van der Waals surface area contributed by atoms with Gasteiger partial charge in [0.05, 0.1) is 10.9 Å². The molecular weight excluding hydrogens is 286 g/mol. The summed E-state index contributed by atoms with van der Waals surface area (Å²) < 4.78 is 5.25. The van der Waals surface area contributed by atoms with Crippen LogP contribution < -0.4 is 0 Å². The highest BCUT2D eigenvalue weighted by molar-refractivity contribution is 7.81. The first-order chi connectivity index (χ1) is 10.0. The molecular formula is C16H23NO3S. The molecule has 1 unspecified atom stereocenters. The van der Waals surface area contributed by atoms with Crippen molar-refractivity contribution in [3.05, 3.63) is 35.9 Å². The molecule has 1 saturated heterocycles. The van der Waals surface area contributed by atoms with Crippen LogP contribution >= 0.6 is 12.6 Å². The second kappa shape index (κ2) is 7.29. The van der Waals surface area contributed by atoms with Gasteiger partial charge in [0.1, 0.15) is 0 Å². The van der Waals surface area contributed by atoms with E-state index in [4.69, 9.17) is 4.74 Å². The summed E-state index contributed by atoms with van der Waals surface area (Å²) in [5.74, 6) is -0.0536. The van der Waals surface area contributed by atoms with Gasteiger partial charge >= 0.3 is 0 Å². The lowest BCUT2D eigenvalue weighted by atomic mass is 9.94. The lowest BCUT2D eigenvalue weighted by molar-refractivity contribution is -0.136. The van der Waals surface area contributed by atoms with Gasteiger partial charge in [0.15, 0.2) is 0 Å². The molecule has 1 heterocycles. The summed E-state index contributed by atoms with van der Waals surface area (Å²) in [4.78, 5) is 14.0. The van der Waals surface area contributed by atoms with Crippen molar-refractivity contribution in [1.29, 1.82) is 0 Å². The number of nitrogens with zero attached hydrogens (tertiary/aromatic N) is 1. The number of rotatable bonds is 5. The van der Waals surface area contributed by atoms with Crippen molar-refractivity contribution in [3.8, 4) is 0 Å². The standard InChI is InChI=1S/C16H23NO3S/c1-17(12-16(19)7-9-20-10-8-16)15(18)14(21)11-13-5-3-2-4-6-13/h2-6,14,19,21H,7-12H2,1H3. The van der Waals surface area contributed by atoms with Crippen LogP contribution in [0.2, 0.25) is 0 Å². The van der Waals surface area contributed by atoms with E-state index in [0.29, 0.717) is 39.0 Å². The fourth-order valence-electron chi connectivity index (χ4n) is 2.61. The van der Waals surface area contributed by atoms with Crippen molar-refractivity contribution >= 4 is 18.5 Å². The van der Waals surface area contributed by atoms with Crippen LogP contribution in [0.4, 0.5) is 0 Å². The van der Waals surface area contributed by atoms with Gasteiger partial charge in [-0.25, -0.2) is 0 Å². The maximum Gasteiger partial charge on any atom is 0.235 e. The van der Waals surface area contributed by atoms with E-state index in [-0.39, 0.29) is 11.2 Å². The average Bonchev–Trinajstić information content (AvgIpc) is 2.47. The molecule has 1 aliphatic rings. The zero-order chi connectivity index (χ0) is 15.3. The number of benzene rings is 1. The molecule has 21 heavy (non-hydrogen) atoms. The molecule has 1 aliphatic heterocycles. The second-order valence-electron chi connectivity index (χ2n) is 5.74. The summed E-state index contributed by atoms with van der Waals surface area (Å²) in [7, 11) is 1.73. The summed E-state index contributed by atoms with van der Waals surface area (Å²) in [5, 5.41) is 10.1. The molecule has 0 radical (unpaired) electrons. The molecule has 0 spiro atoms. The average molecular weight is 309 g/mol. The normalized spacial score (nSPS) is 19.0. The number of carbonyl (C=O) groups is 1. The molecule has 1 atom stereocenters. The zero-order valence-corrected chi connectivity index (χ0v) is 13.3. The van der Waals surface area contributed by atoms with Crippen molar-refractivity contribution in [1.82, 2.24) is 4.90 Å². The highest BCUT2D eigenvalue weighted by Crippen LogP contribution is 2.22. The molecule has 2 rings (SSSR count). The van der Waals surface area contributed by atoms with Gasteiger partial charge in [-0.05, 0) is 12.0 Å². The molecule has 0 bridgehead atoms. The van der Waals surface area contributed by atoms with E-state index in [9.17, 15) is 9.90 Å². The molecule has 0 aliphatic carbocycles. The summed E-state index contributed by atoms with van der Waals surface area (Å²) in [6.45, 7) is 1.43. The molecule has 1 aromatic carbocycles. The van der Waals surface area contributed by atoms with Gasteiger partial charge in [-0.15, -0.1) is 0 Å². The Kier molecular flexibility index (Phi) is 5.67. The Balaban J connectivity index is 1.89. The van der Waals surface area contributed by atoms with Crippen LogP contribution in [0.3, 0.4) is 0 Å². The Morgan fingerprint density at radius 2 is 2.00 bits per heavy atom. The largest absolute Gasteiger partial charge is 0.388 e. The highest BCUT2D eigenvalue weighted by Gasteiger charge is 2.33. The van der Waals surface area contributed by atoms with Gasteiger partial charge in [0, 0.05) is 39.6 Å².